The molecule has 1 fully saturated rings. The molecule has 1 amide bonds. The standard InChI is InChI=1S/C22H21ClFN3O2S/c1-12-2-5-14(6-3-12)25-20(28)13-4-8-16-19(10-13)26-22(30)27(21(16)29)15-7-9-18(24)17(23)11-15/h4,7-12,14H,2-3,5-6H2,1H3,(H,25,28)(H,26,30). The summed E-state index contributed by atoms with van der Waals surface area (Å²) >= 11 is 11.2. The third-order valence-electron chi connectivity index (χ3n) is 5.67. The van der Waals surface area contributed by atoms with E-state index in [0.717, 1.165) is 25.7 Å². The Labute approximate surface area is 182 Å². The van der Waals surface area contributed by atoms with Crippen LogP contribution in [0.1, 0.15) is 43.0 Å². The normalized spacial score (nSPS) is 19.0. The molecule has 8 heteroatoms. The van der Waals surface area contributed by atoms with Crippen molar-refractivity contribution in [3.63, 3.8) is 0 Å². The first-order valence-electron chi connectivity index (χ1n) is 9.89. The quantitative estimate of drug-likeness (QED) is 0.548. The summed E-state index contributed by atoms with van der Waals surface area (Å²) in [4.78, 5) is 28.7. The molecule has 1 saturated carbocycles. The Hall–Kier alpha value is -2.51. The highest BCUT2D eigenvalue weighted by Crippen LogP contribution is 2.24. The van der Waals surface area contributed by atoms with Gasteiger partial charge in [0.25, 0.3) is 11.5 Å². The summed E-state index contributed by atoms with van der Waals surface area (Å²) in [5, 5.41) is 3.35. The fourth-order valence-corrected chi connectivity index (χ4v) is 4.36. The molecular weight excluding hydrogens is 425 g/mol. The van der Waals surface area contributed by atoms with Crippen molar-refractivity contribution in [1.29, 1.82) is 0 Å². The molecule has 2 aromatic carbocycles. The maximum absolute atomic E-state index is 13.5. The molecule has 1 aromatic heterocycles. The van der Waals surface area contributed by atoms with Gasteiger partial charge in [-0.2, -0.15) is 0 Å². The second-order valence-electron chi connectivity index (χ2n) is 7.86. The third kappa shape index (κ3) is 4.04. The average molecular weight is 446 g/mol. The second-order valence-corrected chi connectivity index (χ2v) is 8.65. The number of aromatic amines is 1. The average Bonchev–Trinajstić information content (AvgIpc) is 2.72. The Morgan fingerprint density at radius 3 is 2.63 bits per heavy atom. The number of halogens is 2. The van der Waals surface area contributed by atoms with Gasteiger partial charge in [0.15, 0.2) is 4.77 Å². The van der Waals surface area contributed by atoms with Crippen LogP contribution in [0.3, 0.4) is 0 Å². The SMILES string of the molecule is CC1CCC(NC(=O)c2ccc3c(=O)n(-c4ccc(F)c(Cl)c4)c(=S)[nH]c3c2)CC1. The van der Waals surface area contributed by atoms with Gasteiger partial charge in [-0.25, -0.2) is 4.39 Å². The molecule has 0 bridgehead atoms. The summed E-state index contributed by atoms with van der Waals surface area (Å²) in [5.41, 5.74) is 0.931. The van der Waals surface area contributed by atoms with Crippen LogP contribution in [0.4, 0.5) is 4.39 Å². The Bertz CT molecular complexity index is 1250. The number of carbonyl (C=O) groups excluding carboxylic acids is 1. The molecule has 156 valence electrons. The van der Waals surface area contributed by atoms with Crippen LogP contribution in [0.5, 0.6) is 0 Å². The Morgan fingerprint density at radius 2 is 1.93 bits per heavy atom. The highest BCUT2D eigenvalue weighted by atomic mass is 35.5. The Morgan fingerprint density at radius 1 is 1.20 bits per heavy atom. The van der Waals surface area contributed by atoms with Crippen molar-refractivity contribution in [3.05, 3.63) is 67.9 Å². The number of H-pyrrole nitrogens is 1. The van der Waals surface area contributed by atoms with Crippen molar-refractivity contribution < 1.29 is 9.18 Å². The predicted molar refractivity (Wildman–Crippen MR) is 119 cm³/mol. The van der Waals surface area contributed by atoms with E-state index >= 15 is 0 Å². The number of aromatic nitrogens is 2. The molecule has 1 heterocycles. The summed E-state index contributed by atoms with van der Waals surface area (Å²) < 4.78 is 14.9. The van der Waals surface area contributed by atoms with Crippen LogP contribution in [0, 0.1) is 16.5 Å². The van der Waals surface area contributed by atoms with Crippen molar-refractivity contribution in [2.24, 2.45) is 5.92 Å². The van der Waals surface area contributed by atoms with Gasteiger partial charge in [0.05, 0.1) is 21.6 Å². The summed E-state index contributed by atoms with van der Waals surface area (Å²) in [6.45, 7) is 2.23. The first-order valence-corrected chi connectivity index (χ1v) is 10.7. The fourth-order valence-electron chi connectivity index (χ4n) is 3.89. The van der Waals surface area contributed by atoms with Gasteiger partial charge in [-0.05, 0) is 80.2 Å². The lowest BCUT2D eigenvalue weighted by molar-refractivity contribution is 0.0923. The summed E-state index contributed by atoms with van der Waals surface area (Å²) in [5.74, 6) is -0.0328. The van der Waals surface area contributed by atoms with Crippen molar-refractivity contribution >= 4 is 40.6 Å². The number of carbonyl (C=O) groups is 1. The molecule has 3 aromatic rings. The largest absolute Gasteiger partial charge is 0.349 e. The van der Waals surface area contributed by atoms with E-state index in [0.29, 0.717) is 28.1 Å². The van der Waals surface area contributed by atoms with E-state index in [4.69, 9.17) is 23.8 Å². The number of hydrogen-bond donors (Lipinski definition) is 2. The van der Waals surface area contributed by atoms with Gasteiger partial charge in [-0.3, -0.25) is 14.2 Å². The van der Waals surface area contributed by atoms with Crippen LogP contribution in [0.2, 0.25) is 5.02 Å². The van der Waals surface area contributed by atoms with Crippen LogP contribution in [-0.4, -0.2) is 21.5 Å². The molecule has 4 rings (SSSR count). The topological polar surface area (TPSA) is 66.9 Å². The predicted octanol–water partition coefficient (Wildman–Crippen LogP) is 5.15. The molecule has 5 nitrogen and oxygen atoms in total. The van der Waals surface area contributed by atoms with Crippen molar-refractivity contribution in [3.8, 4) is 5.69 Å². The van der Waals surface area contributed by atoms with E-state index in [1.807, 2.05) is 0 Å². The molecule has 0 radical (unpaired) electrons. The van der Waals surface area contributed by atoms with Gasteiger partial charge < -0.3 is 10.3 Å². The number of nitrogens with one attached hydrogen (secondary N) is 2. The zero-order valence-electron chi connectivity index (χ0n) is 16.4. The van der Waals surface area contributed by atoms with Crippen molar-refractivity contribution in [2.45, 2.75) is 38.6 Å². The van der Waals surface area contributed by atoms with Gasteiger partial charge in [-0.1, -0.05) is 18.5 Å². The molecular formula is C22H21ClFN3O2S. The maximum Gasteiger partial charge on any atom is 0.266 e. The number of benzene rings is 2. The lowest BCUT2D eigenvalue weighted by atomic mass is 9.87. The summed E-state index contributed by atoms with van der Waals surface area (Å²) in [6, 6.07) is 9.01. The van der Waals surface area contributed by atoms with Crippen LogP contribution in [0.15, 0.2) is 41.2 Å². The lowest BCUT2D eigenvalue weighted by Crippen LogP contribution is -2.37. The number of nitrogens with zero attached hydrogens (tertiary/aromatic N) is 1. The highest BCUT2D eigenvalue weighted by molar-refractivity contribution is 7.71. The van der Waals surface area contributed by atoms with E-state index in [1.54, 1.807) is 18.2 Å². The van der Waals surface area contributed by atoms with E-state index in [-0.39, 0.29) is 27.3 Å². The summed E-state index contributed by atoms with van der Waals surface area (Å²) in [6.07, 6.45) is 4.19. The molecule has 0 atom stereocenters. The lowest BCUT2D eigenvalue weighted by Gasteiger charge is -2.26. The molecule has 0 unspecified atom stereocenters. The Kier molecular flexibility index (Phi) is 5.75. The minimum Gasteiger partial charge on any atom is -0.349 e. The second kappa shape index (κ2) is 8.32. The number of amides is 1. The number of hydrogen-bond acceptors (Lipinski definition) is 3. The molecule has 30 heavy (non-hydrogen) atoms. The maximum atomic E-state index is 13.5. The summed E-state index contributed by atoms with van der Waals surface area (Å²) in [7, 11) is 0. The molecule has 0 saturated heterocycles. The van der Waals surface area contributed by atoms with Crippen LogP contribution in [0.25, 0.3) is 16.6 Å². The van der Waals surface area contributed by atoms with Gasteiger partial charge in [0.2, 0.25) is 0 Å². The Balaban J connectivity index is 1.67. The third-order valence-corrected chi connectivity index (χ3v) is 6.25. The van der Waals surface area contributed by atoms with Gasteiger partial charge in [0, 0.05) is 11.6 Å². The number of fused-ring (bicyclic) bond motifs is 1. The smallest absolute Gasteiger partial charge is 0.266 e. The van der Waals surface area contributed by atoms with E-state index < -0.39 is 5.82 Å². The van der Waals surface area contributed by atoms with Gasteiger partial charge in [-0.15, -0.1) is 0 Å². The molecule has 0 aliphatic heterocycles. The zero-order valence-corrected chi connectivity index (χ0v) is 17.9. The highest BCUT2D eigenvalue weighted by Gasteiger charge is 2.20. The fraction of sp³-hybridized carbons (Fsp3) is 0.318. The molecule has 1 aliphatic rings. The van der Waals surface area contributed by atoms with E-state index in [9.17, 15) is 14.0 Å². The minimum absolute atomic E-state index is 0.0991. The van der Waals surface area contributed by atoms with Crippen LogP contribution < -0.4 is 10.9 Å². The van der Waals surface area contributed by atoms with Gasteiger partial charge >= 0.3 is 0 Å². The first kappa shape index (κ1) is 20.8. The minimum atomic E-state index is -0.577. The van der Waals surface area contributed by atoms with E-state index in [1.165, 1.54) is 22.8 Å². The van der Waals surface area contributed by atoms with Crippen molar-refractivity contribution in [2.75, 3.05) is 0 Å². The number of rotatable bonds is 3. The zero-order chi connectivity index (χ0) is 21.4. The first-order chi connectivity index (χ1) is 14.3. The van der Waals surface area contributed by atoms with Crippen LogP contribution >= 0.6 is 23.8 Å². The van der Waals surface area contributed by atoms with Gasteiger partial charge in [0.1, 0.15) is 5.82 Å². The molecule has 1 aliphatic carbocycles. The molecule has 2 N–H and O–H groups in total. The monoisotopic (exact) mass is 445 g/mol. The van der Waals surface area contributed by atoms with Crippen molar-refractivity contribution in [1.82, 2.24) is 14.9 Å². The van der Waals surface area contributed by atoms with E-state index in [2.05, 4.69) is 17.2 Å². The molecule has 0 spiro atoms. The van der Waals surface area contributed by atoms with Crippen LogP contribution in [-0.2, 0) is 0 Å².